The molecule has 292 valence electrons. The molecule has 2 unspecified atom stereocenters. The van der Waals surface area contributed by atoms with E-state index in [0.29, 0.717) is 70.7 Å². The van der Waals surface area contributed by atoms with Crippen LogP contribution >= 0.6 is 11.6 Å². The van der Waals surface area contributed by atoms with E-state index in [9.17, 15) is 14.0 Å². The van der Waals surface area contributed by atoms with Crippen LogP contribution in [-0.4, -0.2) is 123 Å². The molecule has 0 aliphatic carbocycles. The number of amides is 1. The van der Waals surface area contributed by atoms with Crippen molar-refractivity contribution in [2.45, 2.75) is 82.3 Å². The minimum absolute atomic E-state index is 0.00848. The molecule has 0 radical (unpaired) electrons. The SMILES string of the molecule is CC(=O)N1CCN2CC(C1)OC(=O)OCCCc1c(Cl)cc3c(cnn3C3CCCCO3)c1-c1ncc3c2nc(OC[C@@]24CCCN2C[C@H](F)C4)nc3c1F. The molecule has 0 saturated carbocycles. The van der Waals surface area contributed by atoms with Gasteiger partial charge in [-0.15, -0.1) is 0 Å². The first kappa shape index (κ1) is 36.2. The Labute approximate surface area is 321 Å². The number of fused-ring (bicyclic) bond motifs is 8. The predicted molar refractivity (Wildman–Crippen MR) is 197 cm³/mol. The summed E-state index contributed by atoms with van der Waals surface area (Å²) < 4.78 is 57.7. The third-order valence-electron chi connectivity index (χ3n) is 11.8. The second-order valence-corrected chi connectivity index (χ2v) is 15.7. The van der Waals surface area contributed by atoms with Gasteiger partial charge in [-0.1, -0.05) is 11.6 Å². The highest BCUT2D eigenvalue weighted by molar-refractivity contribution is 6.33. The fourth-order valence-electron chi connectivity index (χ4n) is 9.11. The lowest BCUT2D eigenvalue weighted by atomic mass is 9.95. The quantitative estimate of drug-likeness (QED) is 0.238. The minimum Gasteiger partial charge on any atom is -0.461 e. The number of nitrogens with zero attached hydrogens (tertiary/aromatic N) is 8. The van der Waals surface area contributed by atoms with Crippen molar-refractivity contribution in [1.82, 2.24) is 34.5 Å². The van der Waals surface area contributed by atoms with Crippen molar-refractivity contribution >= 4 is 51.3 Å². The zero-order chi connectivity index (χ0) is 37.8. The number of aromatic nitrogens is 5. The number of hydrogen-bond acceptors (Lipinski definition) is 12. The van der Waals surface area contributed by atoms with E-state index in [0.717, 1.165) is 38.6 Å². The molecule has 0 N–H and O–H groups in total. The number of ether oxygens (including phenoxy) is 4. The topological polar surface area (TPSA) is 137 Å². The van der Waals surface area contributed by atoms with Gasteiger partial charge in [-0.05, 0) is 63.1 Å². The second kappa shape index (κ2) is 14.6. The lowest BCUT2D eigenvalue weighted by Crippen LogP contribution is -2.43. The molecule has 1 amide bonds. The van der Waals surface area contributed by atoms with Crippen LogP contribution in [0.2, 0.25) is 5.02 Å². The molecule has 6 aliphatic heterocycles. The molecule has 4 aromatic rings. The highest BCUT2D eigenvalue weighted by atomic mass is 35.5. The van der Waals surface area contributed by atoms with E-state index in [2.05, 4.69) is 9.88 Å². The smallest absolute Gasteiger partial charge is 0.461 e. The van der Waals surface area contributed by atoms with E-state index in [-0.39, 0.29) is 68.7 Å². The number of carbonyl (C=O) groups is 2. The average molecular weight is 781 g/mol. The lowest BCUT2D eigenvalue weighted by Gasteiger charge is -2.31. The van der Waals surface area contributed by atoms with Crippen LogP contribution in [0.15, 0.2) is 18.5 Å². The minimum atomic E-state index is -0.961. The first-order chi connectivity index (χ1) is 26.7. The Morgan fingerprint density at radius 3 is 2.80 bits per heavy atom. The summed E-state index contributed by atoms with van der Waals surface area (Å²) in [6.07, 6.45) is 5.73. The Hall–Kier alpha value is -4.41. The maximum atomic E-state index is 17.5. The summed E-state index contributed by atoms with van der Waals surface area (Å²) >= 11 is 7.05. The summed E-state index contributed by atoms with van der Waals surface area (Å²) in [7, 11) is 0. The van der Waals surface area contributed by atoms with Crippen molar-refractivity contribution in [2.75, 3.05) is 64.0 Å². The lowest BCUT2D eigenvalue weighted by molar-refractivity contribution is -0.130. The van der Waals surface area contributed by atoms with Gasteiger partial charge in [0.05, 0.1) is 42.3 Å². The number of carbonyl (C=O) groups excluding carboxylic acids is 2. The number of anilines is 1. The van der Waals surface area contributed by atoms with E-state index in [1.165, 1.54) is 6.92 Å². The molecule has 4 atom stereocenters. The van der Waals surface area contributed by atoms with Crippen molar-refractivity contribution in [3.63, 3.8) is 0 Å². The highest BCUT2D eigenvalue weighted by Gasteiger charge is 2.49. The number of pyridine rings is 1. The predicted octanol–water partition coefficient (Wildman–Crippen LogP) is 5.62. The first-order valence-corrected chi connectivity index (χ1v) is 19.6. The van der Waals surface area contributed by atoms with Gasteiger partial charge in [0.15, 0.2) is 12.0 Å². The van der Waals surface area contributed by atoms with Gasteiger partial charge in [0.1, 0.15) is 35.9 Å². The van der Waals surface area contributed by atoms with Crippen LogP contribution < -0.4 is 9.64 Å². The summed E-state index contributed by atoms with van der Waals surface area (Å²) in [5, 5.41) is 6.01. The highest BCUT2D eigenvalue weighted by Crippen LogP contribution is 2.43. The Balaban J connectivity index is 1.22. The molecule has 17 heteroatoms. The van der Waals surface area contributed by atoms with Crippen LogP contribution in [0.25, 0.3) is 33.1 Å². The molecule has 4 fully saturated rings. The summed E-state index contributed by atoms with van der Waals surface area (Å²) in [5.74, 6) is -0.591. The van der Waals surface area contributed by atoms with Gasteiger partial charge in [0, 0.05) is 61.8 Å². The van der Waals surface area contributed by atoms with Crippen LogP contribution in [0.3, 0.4) is 0 Å². The summed E-state index contributed by atoms with van der Waals surface area (Å²) in [4.78, 5) is 45.5. The fourth-order valence-corrected chi connectivity index (χ4v) is 9.40. The van der Waals surface area contributed by atoms with Gasteiger partial charge in [-0.25, -0.2) is 18.3 Å². The van der Waals surface area contributed by atoms with Gasteiger partial charge < -0.3 is 28.7 Å². The molecular formula is C38H43ClF2N8O6. The maximum Gasteiger partial charge on any atom is 0.508 e. The van der Waals surface area contributed by atoms with Gasteiger partial charge in [0.25, 0.3) is 0 Å². The molecule has 14 nitrogen and oxygen atoms in total. The van der Waals surface area contributed by atoms with Crippen LogP contribution in [0.4, 0.5) is 19.4 Å². The van der Waals surface area contributed by atoms with Crippen molar-refractivity contribution in [3.8, 4) is 17.3 Å². The van der Waals surface area contributed by atoms with Gasteiger partial charge in [-0.3, -0.25) is 14.7 Å². The van der Waals surface area contributed by atoms with E-state index < -0.39 is 29.8 Å². The third-order valence-corrected chi connectivity index (χ3v) is 12.1. The number of hydrogen-bond donors (Lipinski definition) is 0. The maximum absolute atomic E-state index is 17.5. The van der Waals surface area contributed by atoms with Gasteiger partial charge in [0.2, 0.25) is 5.91 Å². The summed E-state index contributed by atoms with van der Waals surface area (Å²) in [5.41, 5.74) is 1.23. The third kappa shape index (κ3) is 6.69. The Bertz CT molecular complexity index is 2150. The molecule has 3 aromatic heterocycles. The molecule has 4 saturated heterocycles. The molecule has 9 heterocycles. The largest absolute Gasteiger partial charge is 0.508 e. The van der Waals surface area contributed by atoms with E-state index >= 15 is 4.39 Å². The van der Waals surface area contributed by atoms with Crippen LogP contribution in [0.1, 0.15) is 63.7 Å². The normalized spacial score (nSPS) is 26.3. The summed E-state index contributed by atoms with van der Waals surface area (Å²) in [6, 6.07) is 1.74. The van der Waals surface area contributed by atoms with Crippen LogP contribution in [0, 0.1) is 5.82 Å². The standard InChI is InChI=1S/C38H43ClF2N8O6/c1-22(50)46-10-11-47-20-24(19-46)55-37(51)53-13-4-6-25-28(39)14-29-26(17-43-49(29)30-7-2-3-12-52-30)31(25)34-32(41)33-27(16-42-34)35(47)45-36(44-33)54-21-38-8-5-9-48(38)18-23(40)15-38/h14,16-17,23-24,30H,2-13,15,18-21H2,1H3/t23-,24?,30?,38+/m1/s1. The van der Waals surface area contributed by atoms with Crippen LogP contribution in [0.5, 0.6) is 6.01 Å². The van der Waals surface area contributed by atoms with E-state index in [4.69, 9.17) is 45.6 Å². The molecule has 10 rings (SSSR count). The van der Waals surface area contributed by atoms with Gasteiger partial charge in [-0.2, -0.15) is 15.1 Å². The monoisotopic (exact) mass is 780 g/mol. The van der Waals surface area contributed by atoms with Crippen molar-refractivity contribution in [1.29, 1.82) is 0 Å². The number of alkyl halides is 1. The molecule has 1 aromatic carbocycles. The van der Waals surface area contributed by atoms with Crippen molar-refractivity contribution < 1.29 is 37.3 Å². The Morgan fingerprint density at radius 2 is 1.96 bits per heavy atom. The summed E-state index contributed by atoms with van der Waals surface area (Å²) in [6.45, 7) is 4.16. The average Bonchev–Trinajstić information content (AvgIpc) is 3.80. The number of halogens is 3. The number of rotatable bonds is 4. The first-order valence-electron chi connectivity index (χ1n) is 19.2. The zero-order valence-electron chi connectivity index (χ0n) is 30.6. The molecule has 0 spiro atoms. The van der Waals surface area contributed by atoms with Crippen molar-refractivity contribution in [2.24, 2.45) is 0 Å². The Morgan fingerprint density at radius 1 is 1.07 bits per heavy atom. The fraction of sp³-hybridized carbons (Fsp3) is 0.579. The molecule has 55 heavy (non-hydrogen) atoms. The van der Waals surface area contributed by atoms with Crippen molar-refractivity contribution in [3.05, 3.63) is 34.9 Å². The zero-order valence-corrected chi connectivity index (χ0v) is 31.4. The molecule has 6 bridgehead atoms. The molecular weight excluding hydrogens is 738 g/mol. The van der Waals surface area contributed by atoms with Gasteiger partial charge >= 0.3 is 12.2 Å². The van der Waals surface area contributed by atoms with Crippen LogP contribution in [-0.2, 0) is 25.4 Å². The Kier molecular flexibility index (Phi) is 9.61. The molecule has 6 aliphatic rings. The van der Waals surface area contributed by atoms with E-state index in [1.807, 2.05) is 11.0 Å². The number of benzene rings is 1. The van der Waals surface area contributed by atoms with E-state index in [1.54, 1.807) is 22.0 Å². The second-order valence-electron chi connectivity index (χ2n) is 15.3.